The molecule has 2 rings (SSSR count). The van der Waals surface area contributed by atoms with Crippen molar-refractivity contribution in [2.45, 2.75) is 38.3 Å². The second-order valence-corrected chi connectivity index (χ2v) is 5.23. The number of rotatable bonds is 4. The highest BCUT2D eigenvalue weighted by molar-refractivity contribution is 5.75. The molecule has 1 saturated carbocycles. The van der Waals surface area contributed by atoms with Crippen molar-refractivity contribution >= 4 is 12.1 Å². The Hall–Kier alpha value is -2.04. The van der Waals surface area contributed by atoms with Gasteiger partial charge in [-0.2, -0.15) is 0 Å². The van der Waals surface area contributed by atoms with Gasteiger partial charge in [0.15, 0.2) is 0 Å². The quantitative estimate of drug-likeness (QED) is 0.866. The van der Waals surface area contributed by atoms with Crippen LogP contribution in [0.3, 0.4) is 0 Å². The summed E-state index contributed by atoms with van der Waals surface area (Å²) in [5, 5.41) is 2.79. The van der Waals surface area contributed by atoms with Gasteiger partial charge in [0, 0.05) is 6.04 Å². The lowest BCUT2D eigenvalue weighted by Gasteiger charge is -2.29. The van der Waals surface area contributed by atoms with E-state index in [0.29, 0.717) is 0 Å². The standard InChI is InChI=1S/C16H21NO4/c1-20-15(18)13-9-5-6-10-14(13)17-16(19)21-11-12-7-3-2-4-8-12/h2-4,7-8,13-14H,5-6,9-11H2,1H3,(H,17,19)/t13-,14+/m1/s1. The van der Waals surface area contributed by atoms with E-state index in [1.165, 1.54) is 7.11 Å². The van der Waals surface area contributed by atoms with Crippen LogP contribution in [0.15, 0.2) is 30.3 Å². The van der Waals surface area contributed by atoms with Crippen molar-refractivity contribution in [2.75, 3.05) is 7.11 Å². The van der Waals surface area contributed by atoms with E-state index in [9.17, 15) is 9.59 Å². The Morgan fingerprint density at radius 1 is 1.19 bits per heavy atom. The van der Waals surface area contributed by atoms with Gasteiger partial charge in [0.25, 0.3) is 0 Å². The normalized spacial score (nSPS) is 21.4. The average molecular weight is 291 g/mol. The van der Waals surface area contributed by atoms with E-state index in [1.54, 1.807) is 0 Å². The molecule has 1 amide bonds. The molecule has 0 bridgehead atoms. The second kappa shape index (κ2) is 7.67. The van der Waals surface area contributed by atoms with Crippen LogP contribution in [-0.2, 0) is 20.9 Å². The van der Waals surface area contributed by atoms with Crippen molar-refractivity contribution in [1.82, 2.24) is 5.32 Å². The fourth-order valence-corrected chi connectivity index (χ4v) is 2.65. The Labute approximate surface area is 124 Å². The number of alkyl carbamates (subject to hydrolysis) is 1. The number of hydrogen-bond acceptors (Lipinski definition) is 4. The predicted octanol–water partition coefficient (Wildman–Crippen LogP) is 2.64. The smallest absolute Gasteiger partial charge is 0.407 e. The molecule has 5 nitrogen and oxygen atoms in total. The number of benzene rings is 1. The molecule has 114 valence electrons. The van der Waals surface area contributed by atoms with Crippen LogP contribution in [0.5, 0.6) is 0 Å². The minimum atomic E-state index is -0.486. The zero-order chi connectivity index (χ0) is 15.1. The molecule has 0 radical (unpaired) electrons. The van der Waals surface area contributed by atoms with Gasteiger partial charge in [0.05, 0.1) is 13.0 Å². The van der Waals surface area contributed by atoms with Crippen LogP contribution in [0.1, 0.15) is 31.2 Å². The van der Waals surface area contributed by atoms with Crippen molar-refractivity contribution < 1.29 is 19.1 Å². The Morgan fingerprint density at radius 2 is 1.90 bits per heavy atom. The van der Waals surface area contributed by atoms with Gasteiger partial charge in [-0.3, -0.25) is 4.79 Å². The molecule has 5 heteroatoms. The zero-order valence-electron chi connectivity index (χ0n) is 12.2. The van der Waals surface area contributed by atoms with Gasteiger partial charge in [0.1, 0.15) is 6.61 Å². The molecule has 0 aromatic heterocycles. The van der Waals surface area contributed by atoms with Gasteiger partial charge in [-0.1, -0.05) is 43.2 Å². The zero-order valence-corrected chi connectivity index (χ0v) is 12.2. The molecule has 0 saturated heterocycles. The number of nitrogens with one attached hydrogen (secondary N) is 1. The summed E-state index contributed by atoms with van der Waals surface area (Å²) >= 11 is 0. The minimum Gasteiger partial charge on any atom is -0.469 e. The summed E-state index contributed by atoms with van der Waals surface area (Å²) < 4.78 is 9.99. The molecule has 1 aliphatic carbocycles. The summed E-state index contributed by atoms with van der Waals surface area (Å²) in [6.45, 7) is 0.224. The third kappa shape index (κ3) is 4.48. The predicted molar refractivity (Wildman–Crippen MR) is 77.5 cm³/mol. The number of carbonyl (C=O) groups is 2. The van der Waals surface area contributed by atoms with Crippen molar-refractivity contribution in [3.05, 3.63) is 35.9 Å². The van der Waals surface area contributed by atoms with E-state index in [4.69, 9.17) is 9.47 Å². The molecule has 1 fully saturated rings. The van der Waals surface area contributed by atoms with Crippen LogP contribution in [0, 0.1) is 5.92 Å². The highest BCUT2D eigenvalue weighted by atomic mass is 16.5. The van der Waals surface area contributed by atoms with Gasteiger partial charge in [-0.25, -0.2) is 4.79 Å². The monoisotopic (exact) mass is 291 g/mol. The second-order valence-electron chi connectivity index (χ2n) is 5.23. The fourth-order valence-electron chi connectivity index (χ4n) is 2.65. The number of methoxy groups -OCH3 is 1. The number of esters is 1. The minimum absolute atomic E-state index is 0.200. The first-order valence-corrected chi connectivity index (χ1v) is 7.25. The molecular formula is C16H21NO4. The largest absolute Gasteiger partial charge is 0.469 e. The molecule has 1 aliphatic rings. The maximum absolute atomic E-state index is 11.9. The van der Waals surface area contributed by atoms with E-state index in [1.807, 2.05) is 30.3 Å². The molecule has 1 N–H and O–H groups in total. The van der Waals surface area contributed by atoms with Crippen LogP contribution in [0.4, 0.5) is 4.79 Å². The molecule has 2 atom stereocenters. The molecular weight excluding hydrogens is 270 g/mol. The third-order valence-corrected chi connectivity index (χ3v) is 3.79. The lowest BCUT2D eigenvalue weighted by Crippen LogP contribution is -2.45. The topological polar surface area (TPSA) is 64.6 Å². The van der Waals surface area contributed by atoms with E-state index in [2.05, 4.69) is 5.32 Å². The van der Waals surface area contributed by atoms with Crippen LogP contribution in [-0.4, -0.2) is 25.2 Å². The van der Waals surface area contributed by atoms with Crippen molar-refractivity contribution in [2.24, 2.45) is 5.92 Å². The maximum Gasteiger partial charge on any atom is 0.407 e. The lowest BCUT2D eigenvalue weighted by atomic mass is 9.84. The van der Waals surface area contributed by atoms with E-state index < -0.39 is 6.09 Å². The van der Waals surface area contributed by atoms with E-state index >= 15 is 0 Å². The summed E-state index contributed by atoms with van der Waals surface area (Å²) in [7, 11) is 1.38. The van der Waals surface area contributed by atoms with Crippen molar-refractivity contribution in [1.29, 1.82) is 0 Å². The van der Waals surface area contributed by atoms with Gasteiger partial charge in [-0.15, -0.1) is 0 Å². The number of hydrogen-bond donors (Lipinski definition) is 1. The molecule has 0 heterocycles. The highest BCUT2D eigenvalue weighted by Crippen LogP contribution is 2.25. The van der Waals surface area contributed by atoms with Gasteiger partial charge in [0.2, 0.25) is 0 Å². The first-order valence-electron chi connectivity index (χ1n) is 7.25. The first kappa shape index (κ1) is 15.4. The molecule has 0 spiro atoms. The van der Waals surface area contributed by atoms with Crippen LogP contribution in [0.2, 0.25) is 0 Å². The molecule has 0 aliphatic heterocycles. The molecule has 21 heavy (non-hydrogen) atoms. The summed E-state index contributed by atoms with van der Waals surface area (Å²) in [5.74, 6) is -0.531. The summed E-state index contributed by atoms with van der Waals surface area (Å²) in [6.07, 6.45) is 3.02. The number of ether oxygens (including phenoxy) is 2. The third-order valence-electron chi connectivity index (χ3n) is 3.79. The van der Waals surface area contributed by atoms with Crippen LogP contribution < -0.4 is 5.32 Å². The number of carbonyl (C=O) groups excluding carboxylic acids is 2. The Morgan fingerprint density at radius 3 is 2.62 bits per heavy atom. The molecule has 1 aromatic rings. The van der Waals surface area contributed by atoms with E-state index in [0.717, 1.165) is 31.2 Å². The molecule has 0 unspecified atom stereocenters. The summed E-state index contributed by atoms with van der Waals surface area (Å²) in [4.78, 5) is 23.6. The van der Waals surface area contributed by atoms with Crippen molar-refractivity contribution in [3.8, 4) is 0 Å². The number of amides is 1. The maximum atomic E-state index is 11.9. The fraction of sp³-hybridized carbons (Fsp3) is 0.500. The van der Waals surface area contributed by atoms with Gasteiger partial charge >= 0.3 is 12.1 Å². The van der Waals surface area contributed by atoms with Gasteiger partial charge < -0.3 is 14.8 Å². The summed E-state index contributed by atoms with van der Waals surface area (Å²) in [5.41, 5.74) is 0.931. The Kier molecular flexibility index (Phi) is 5.60. The van der Waals surface area contributed by atoms with Crippen LogP contribution in [0.25, 0.3) is 0 Å². The van der Waals surface area contributed by atoms with Crippen molar-refractivity contribution in [3.63, 3.8) is 0 Å². The Balaban J connectivity index is 1.84. The molecule has 1 aromatic carbocycles. The van der Waals surface area contributed by atoms with Crippen LogP contribution >= 0.6 is 0 Å². The van der Waals surface area contributed by atoms with E-state index in [-0.39, 0.29) is 24.5 Å². The first-order chi connectivity index (χ1) is 10.2. The van der Waals surface area contributed by atoms with Gasteiger partial charge in [-0.05, 0) is 18.4 Å². The highest BCUT2D eigenvalue weighted by Gasteiger charge is 2.33. The Bertz CT molecular complexity index is 474. The lowest BCUT2D eigenvalue weighted by molar-refractivity contribution is -0.147. The average Bonchev–Trinajstić information content (AvgIpc) is 2.54. The summed E-state index contributed by atoms with van der Waals surface area (Å²) in [6, 6.07) is 9.29. The SMILES string of the molecule is COC(=O)[C@@H]1CCCC[C@@H]1NC(=O)OCc1ccccc1.